The molecule has 0 saturated carbocycles. The van der Waals surface area contributed by atoms with Crippen LogP contribution in [0.3, 0.4) is 0 Å². The van der Waals surface area contributed by atoms with E-state index in [1.54, 1.807) is 0 Å². The van der Waals surface area contributed by atoms with Crippen LogP contribution in [0.1, 0.15) is 20.8 Å². The van der Waals surface area contributed by atoms with E-state index in [9.17, 15) is 0 Å². The van der Waals surface area contributed by atoms with Gasteiger partial charge in [-0.25, -0.2) is 0 Å². The van der Waals surface area contributed by atoms with Crippen LogP contribution in [0, 0.1) is 0 Å². The summed E-state index contributed by atoms with van der Waals surface area (Å²) >= 11 is 2.18. The molecule has 0 aromatic carbocycles. The van der Waals surface area contributed by atoms with Crippen LogP contribution < -0.4 is 0 Å². The molecule has 0 aliphatic heterocycles. The molecule has 1 nitrogen and oxygen atoms in total. The minimum absolute atomic E-state index is 0.974. The summed E-state index contributed by atoms with van der Waals surface area (Å²) in [5.74, 6) is 0. The first-order chi connectivity index (χ1) is 5.24. The summed E-state index contributed by atoms with van der Waals surface area (Å²) in [4.78, 5) is 0. The van der Waals surface area contributed by atoms with Gasteiger partial charge in [0.2, 0.25) is 0 Å². The zero-order chi connectivity index (χ0) is 8.74. The molecule has 0 N–H and O–H groups in total. The van der Waals surface area contributed by atoms with E-state index in [1.165, 1.54) is 18.1 Å². The average molecular weight is 166 g/mol. The molecule has 0 rings (SSSR count). The van der Waals surface area contributed by atoms with Gasteiger partial charge < -0.3 is 0 Å². The molecule has 0 radical (unpaired) electrons. The molecule has 0 spiro atoms. The summed E-state index contributed by atoms with van der Waals surface area (Å²) in [6, 6.07) is 3.83. The standard InChI is InChI=1S/C8H19OSi.Li/c1-5-9-10(6-2,7-3)8-4;/h1,5-8H2,2-4H3;. The molecule has 0 atom stereocenters. The fourth-order valence-electron chi connectivity index (χ4n) is 1.37. The van der Waals surface area contributed by atoms with Gasteiger partial charge in [0.15, 0.2) is 0 Å². The summed E-state index contributed by atoms with van der Waals surface area (Å²) in [7, 11) is -1.24. The van der Waals surface area contributed by atoms with Crippen molar-refractivity contribution < 1.29 is 4.43 Å². The van der Waals surface area contributed by atoms with Crippen molar-refractivity contribution in [3.8, 4) is 0 Å². The summed E-state index contributed by atoms with van der Waals surface area (Å²) in [5, 5.41) is 1.16. The summed E-state index contributed by atoms with van der Waals surface area (Å²) in [6.45, 7) is 7.79. The van der Waals surface area contributed by atoms with E-state index in [0.29, 0.717) is 0 Å². The van der Waals surface area contributed by atoms with Gasteiger partial charge in [0.1, 0.15) is 0 Å². The molecular formula is C8H19LiOSi. The zero-order valence-corrected chi connectivity index (χ0v) is 9.44. The molecule has 11 heavy (non-hydrogen) atoms. The first-order valence-corrected chi connectivity index (χ1v) is 7.41. The Labute approximate surface area is 81.2 Å². The quantitative estimate of drug-likeness (QED) is 0.551. The summed E-state index contributed by atoms with van der Waals surface area (Å²) in [6.07, 6.45) is 0. The average Bonchev–Trinajstić information content (AvgIpc) is 2.08. The third-order valence-corrected chi connectivity index (χ3v) is 7.23. The Bertz CT molecular complexity index is 85.8. The van der Waals surface area contributed by atoms with Gasteiger partial charge in [-0.05, 0) is 0 Å². The van der Waals surface area contributed by atoms with Crippen molar-refractivity contribution in [1.82, 2.24) is 0 Å². The van der Waals surface area contributed by atoms with Crippen molar-refractivity contribution in [2.45, 2.75) is 44.0 Å². The summed E-state index contributed by atoms with van der Waals surface area (Å²) in [5.41, 5.74) is 0. The van der Waals surface area contributed by atoms with Crippen LogP contribution in [0.5, 0.6) is 0 Å². The monoisotopic (exact) mass is 166 g/mol. The van der Waals surface area contributed by atoms with Crippen molar-refractivity contribution in [1.29, 1.82) is 0 Å². The second-order valence-corrected chi connectivity index (χ2v) is 7.87. The Hall–Kier alpha value is 0.774. The predicted molar refractivity (Wildman–Crippen MR) is 53.7 cm³/mol. The molecule has 3 heteroatoms. The first kappa shape index (κ1) is 11.8. The maximum absolute atomic E-state index is 5.97. The molecule has 0 aliphatic rings. The fraction of sp³-hybridized carbons (Fsp3) is 1.00. The number of hydrogen-bond donors (Lipinski definition) is 0. The third-order valence-electron chi connectivity index (χ3n) is 2.55. The SMILES string of the molecule is [Li][CH2]CO[Si](CC)(CC)CC. The van der Waals surface area contributed by atoms with E-state index in [4.69, 9.17) is 4.43 Å². The minimum atomic E-state index is -1.24. The van der Waals surface area contributed by atoms with E-state index in [2.05, 4.69) is 38.5 Å². The number of rotatable bonds is 6. The van der Waals surface area contributed by atoms with E-state index in [-0.39, 0.29) is 0 Å². The third kappa shape index (κ3) is 3.80. The number of hydrogen-bond acceptors (Lipinski definition) is 1. The molecule has 0 aromatic heterocycles. The van der Waals surface area contributed by atoms with Crippen molar-refractivity contribution in [3.63, 3.8) is 0 Å². The van der Waals surface area contributed by atoms with Gasteiger partial charge in [-0.2, -0.15) is 0 Å². The molecular weight excluding hydrogens is 147 g/mol. The Morgan fingerprint density at radius 2 is 1.55 bits per heavy atom. The van der Waals surface area contributed by atoms with Crippen LogP contribution in [0.25, 0.3) is 0 Å². The predicted octanol–water partition coefficient (Wildman–Crippen LogP) is 2.60. The second kappa shape index (κ2) is 6.31. The van der Waals surface area contributed by atoms with Crippen molar-refractivity contribution >= 4 is 26.0 Å². The topological polar surface area (TPSA) is 9.23 Å². The molecule has 62 valence electrons. The van der Waals surface area contributed by atoms with Gasteiger partial charge in [0.05, 0.1) is 0 Å². The Morgan fingerprint density at radius 3 is 1.82 bits per heavy atom. The zero-order valence-electron chi connectivity index (χ0n) is 8.44. The van der Waals surface area contributed by atoms with E-state index in [1.807, 2.05) is 0 Å². The van der Waals surface area contributed by atoms with E-state index in [0.717, 1.165) is 11.7 Å². The second-order valence-electron chi connectivity index (χ2n) is 3.09. The van der Waals surface area contributed by atoms with Gasteiger partial charge in [0, 0.05) is 0 Å². The van der Waals surface area contributed by atoms with Crippen LogP contribution in [0.15, 0.2) is 0 Å². The van der Waals surface area contributed by atoms with Gasteiger partial charge in [-0.3, -0.25) is 0 Å². The molecule has 0 aliphatic carbocycles. The van der Waals surface area contributed by atoms with Crippen LogP contribution in [-0.4, -0.2) is 32.6 Å². The fourth-order valence-corrected chi connectivity index (χ4v) is 4.12. The molecule has 0 bridgehead atoms. The van der Waals surface area contributed by atoms with Crippen LogP contribution in [0.2, 0.25) is 23.2 Å². The van der Waals surface area contributed by atoms with Crippen molar-refractivity contribution in [3.05, 3.63) is 0 Å². The van der Waals surface area contributed by atoms with E-state index < -0.39 is 8.32 Å². The van der Waals surface area contributed by atoms with Crippen molar-refractivity contribution in [2.24, 2.45) is 0 Å². The Morgan fingerprint density at radius 1 is 1.09 bits per heavy atom. The van der Waals surface area contributed by atoms with Gasteiger partial charge >= 0.3 is 81.1 Å². The van der Waals surface area contributed by atoms with E-state index >= 15 is 0 Å². The molecule has 0 aromatic rings. The molecule has 0 saturated heterocycles. The van der Waals surface area contributed by atoms with Crippen LogP contribution >= 0.6 is 0 Å². The molecule has 0 fully saturated rings. The first-order valence-electron chi connectivity index (χ1n) is 4.88. The van der Waals surface area contributed by atoms with Gasteiger partial charge in [-0.1, -0.05) is 0 Å². The van der Waals surface area contributed by atoms with Gasteiger partial charge in [0.25, 0.3) is 0 Å². The van der Waals surface area contributed by atoms with Gasteiger partial charge in [-0.15, -0.1) is 0 Å². The molecule has 0 amide bonds. The van der Waals surface area contributed by atoms with Crippen molar-refractivity contribution in [2.75, 3.05) is 6.61 Å². The normalized spacial score (nSPS) is 12.1. The maximum atomic E-state index is 5.97. The Balaban J connectivity index is 3.84. The summed E-state index contributed by atoms with van der Waals surface area (Å²) < 4.78 is 5.97. The Kier molecular flexibility index (Phi) is 6.75. The molecule has 0 heterocycles. The molecule has 0 unspecified atom stereocenters. The van der Waals surface area contributed by atoms with Crippen LogP contribution in [0.4, 0.5) is 0 Å². The van der Waals surface area contributed by atoms with Crippen LogP contribution in [-0.2, 0) is 4.43 Å².